The number of hydrogen-bond acceptors (Lipinski definition) is 10. The SMILES string of the molecule is COc1cc(N2CCC(N3CCN(C4CC4)CC3)CC2)c(N)cc1Nc1cc(N2OCC[C@@H]2c2cc(F)cc(F)c2)ncn1. The van der Waals surface area contributed by atoms with Gasteiger partial charge in [0.05, 0.1) is 36.8 Å². The average Bonchev–Trinajstić information content (AvgIpc) is 3.77. The number of piperazine rings is 1. The van der Waals surface area contributed by atoms with Gasteiger partial charge in [0.25, 0.3) is 0 Å². The summed E-state index contributed by atoms with van der Waals surface area (Å²) >= 11 is 0. The maximum atomic E-state index is 13.9. The summed E-state index contributed by atoms with van der Waals surface area (Å²) in [5.74, 6) is 0.365. The molecule has 3 aromatic rings. The highest BCUT2D eigenvalue weighted by molar-refractivity contribution is 5.80. The van der Waals surface area contributed by atoms with Crippen LogP contribution in [-0.2, 0) is 4.84 Å². The second-order valence-corrected chi connectivity index (χ2v) is 12.2. The Kier molecular flexibility index (Phi) is 8.13. The second-order valence-electron chi connectivity index (χ2n) is 12.2. The van der Waals surface area contributed by atoms with Gasteiger partial charge in [-0.3, -0.25) is 14.6 Å². The molecule has 1 saturated carbocycles. The summed E-state index contributed by atoms with van der Waals surface area (Å²) in [5.41, 5.74) is 9.41. The molecule has 4 aliphatic rings. The fraction of sp³-hybridized carbons (Fsp3) is 0.500. The first-order valence-electron chi connectivity index (χ1n) is 15.6. The second kappa shape index (κ2) is 12.3. The van der Waals surface area contributed by atoms with Gasteiger partial charge in [-0.25, -0.2) is 23.8 Å². The zero-order valence-corrected chi connectivity index (χ0v) is 25.1. The van der Waals surface area contributed by atoms with E-state index in [1.807, 2.05) is 12.1 Å². The highest BCUT2D eigenvalue weighted by Crippen LogP contribution is 2.39. The Morgan fingerprint density at radius 3 is 2.18 bits per heavy atom. The van der Waals surface area contributed by atoms with Crippen LogP contribution >= 0.6 is 0 Å². The maximum absolute atomic E-state index is 13.9. The number of hydrogen-bond donors (Lipinski definition) is 2. The Bertz CT molecular complexity index is 1450. The van der Waals surface area contributed by atoms with Gasteiger partial charge in [-0.2, -0.15) is 0 Å². The number of nitrogens with zero attached hydrogens (tertiary/aromatic N) is 6. The highest BCUT2D eigenvalue weighted by atomic mass is 19.1. The Labute approximate surface area is 256 Å². The molecule has 1 atom stereocenters. The summed E-state index contributed by atoms with van der Waals surface area (Å²) in [4.78, 5) is 22.3. The van der Waals surface area contributed by atoms with Crippen LogP contribution in [0.25, 0.3) is 0 Å². The fourth-order valence-electron chi connectivity index (χ4n) is 6.94. The van der Waals surface area contributed by atoms with Crippen LogP contribution in [0.5, 0.6) is 5.75 Å². The molecule has 3 aliphatic heterocycles. The number of ether oxygens (including phenoxy) is 1. The number of nitrogen functional groups attached to an aromatic ring is 1. The van der Waals surface area contributed by atoms with E-state index in [1.165, 1.54) is 57.5 Å². The van der Waals surface area contributed by atoms with Crippen molar-refractivity contribution in [3.63, 3.8) is 0 Å². The number of rotatable bonds is 8. The van der Waals surface area contributed by atoms with E-state index in [0.29, 0.717) is 53.4 Å². The van der Waals surface area contributed by atoms with Crippen LogP contribution in [0.15, 0.2) is 42.7 Å². The third kappa shape index (κ3) is 6.11. The molecule has 3 N–H and O–H groups in total. The smallest absolute Gasteiger partial charge is 0.158 e. The molecule has 44 heavy (non-hydrogen) atoms. The van der Waals surface area contributed by atoms with Gasteiger partial charge >= 0.3 is 0 Å². The molecule has 10 nitrogen and oxygen atoms in total. The van der Waals surface area contributed by atoms with Gasteiger partial charge in [-0.05, 0) is 49.4 Å². The van der Waals surface area contributed by atoms with E-state index in [-0.39, 0.29) is 6.04 Å². The summed E-state index contributed by atoms with van der Waals surface area (Å²) in [7, 11) is 1.64. The molecule has 2 aromatic carbocycles. The fourth-order valence-corrected chi connectivity index (χ4v) is 6.94. The number of halogens is 2. The van der Waals surface area contributed by atoms with Crippen molar-refractivity contribution in [3.05, 3.63) is 59.9 Å². The number of nitrogens with two attached hydrogens (primary N) is 1. The Morgan fingerprint density at radius 2 is 1.52 bits per heavy atom. The number of nitrogens with one attached hydrogen (secondary N) is 1. The monoisotopic (exact) mass is 606 g/mol. The van der Waals surface area contributed by atoms with Gasteiger partial charge in [0, 0.05) is 76.0 Å². The van der Waals surface area contributed by atoms with Crippen LogP contribution in [-0.4, -0.2) is 84.8 Å². The summed E-state index contributed by atoms with van der Waals surface area (Å²) in [6.45, 7) is 7.07. The van der Waals surface area contributed by atoms with Gasteiger partial charge < -0.3 is 20.7 Å². The van der Waals surface area contributed by atoms with Crippen molar-refractivity contribution < 1.29 is 18.4 Å². The molecular formula is C32H40F2N8O2. The Morgan fingerprint density at radius 1 is 0.841 bits per heavy atom. The van der Waals surface area contributed by atoms with Crippen LogP contribution in [0.3, 0.4) is 0 Å². The van der Waals surface area contributed by atoms with Crippen molar-refractivity contribution in [2.24, 2.45) is 0 Å². The zero-order valence-electron chi connectivity index (χ0n) is 25.1. The van der Waals surface area contributed by atoms with E-state index in [9.17, 15) is 8.78 Å². The molecule has 12 heteroatoms. The van der Waals surface area contributed by atoms with Crippen molar-refractivity contribution in [2.45, 2.75) is 50.2 Å². The van der Waals surface area contributed by atoms with Crippen molar-refractivity contribution in [2.75, 3.05) is 74.0 Å². The van der Waals surface area contributed by atoms with Crippen molar-refractivity contribution >= 4 is 28.7 Å². The molecule has 4 fully saturated rings. The molecule has 0 unspecified atom stereocenters. The van der Waals surface area contributed by atoms with Crippen LogP contribution in [0.4, 0.5) is 37.5 Å². The number of piperidine rings is 1. The minimum Gasteiger partial charge on any atom is -0.494 e. The third-order valence-corrected chi connectivity index (χ3v) is 9.40. The zero-order chi connectivity index (χ0) is 30.2. The molecule has 234 valence electrons. The molecule has 0 amide bonds. The van der Waals surface area contributed by atoms with E-state index in [2.05, 4.69) is 30.0 Å². The lowest BCUT2D eigenvalue weighted by Gasteiger charge is -2.43. The molecule has 3 saturated heterocycles. The number of anilines is 5. The molecular weight excluding hydrogens is 566 g/mol. The number of aromatic nitrogens is 2. The standard InChI is InChI=1S/C32H40F2N8O2/c1-43-30-18-29(41-7-4-25(5-8-41)40-11-9-39(10-12-40)24-2-3-24)26(35)17-27(30)38-31-19-32(37-20-36-31)42-28(6-13-44-42)21-14-22(33)16-23(34)15-21/h14-20,24-25,28H,2-13,35H2,1H3,(H,36,37,38)/t28-/m1/s1. The Balaban J connectivity index is 1.02. The van der Waals surface area contributed by atoms with E-state index < -0.39 is 11.6 Å². The lowest BCUT2D eigenvalue weighted by molar-refractivity contribution is 0.0809. The summed E-state index contributed by atoms with van der Waals surface area (Å²) in [5, 5.41) is 4.89. The summed E-state index contributed by atoms with van der Waals surface area (Å²) in [6.07, 6.45) is 6.99. The first kappa shape index (κ1) is 29.0. The predicted octanol–water partition coefficient (Wildman–Crippen LogP) is 4.72. The van der Waals surface area contributed by atoms with Crippen LogP contribution in [0.1, 0.15) is 43.7 Å². The van der Waals surface area contributed by atoms with Gasteiger partial charge in [-0.1, -0.05) is 0 Å². The van der Waals surface area contributed by atoms with E-state index in [4.69, 9.17) is 15.3 Å². The number of benzene rings is 2. The van der Waals surface area contributed by atoms with E-state index in [0.717, 1.165) is 43.7 Å². The normalized spacial score (nSPS) is 22.0. The number of methoxy groups -OCH3 is 1. The van der Waals surface area contributed by atoms with Crippen molar-refractivity contribution in [1.82, 2.24) is 19.8 Å². The quantitative estimate of drug-likeness (QED) is 0.351. The minimum atomic E-state index is -0.628. The van der Waals surface area contributed by atoms with Crippen LogP contribution < -0.4 is 25.8 Å². The number of hydroxylamine groups is 1. The van der Waals surface area contributed by atoms with Gasteiger partial charge in [0.1, 0.15) is 29.5 Å². The van der Waals surface area contributed by atoms with Crippen molar-refractivity contribution in [3.8, 4) is 5.75 Å². The highest BCUT2D eigenvalue weighted by Gasteiger charge is 2.34. The minimum absolute atomic E-state index is 0.385. The molecule has 0 radical (unpaired) electrons. The molecule has 4 heterocycles. The maximum Gasteiger partial charge on any atom is 0.158 e. The Hall–Kier alpha value is -3.74. The van der Waals surface area contributed by atoms with Crippen LogP contribution in [0, 0.1) is 11.6 Å². The third-order valence-electron chi connectivity index (χ3n) is 9.40. The molecule has 1 aliphatic carbocycles. The first-order chi connectivity index (χ1) is 21.4. The average molecular weight is 607 g/mol. The van der Waals surface area contributed by atoms with Gasteiger partial charge in [-0.15, -0.1) is 0 Å². The van der Waals surface area contributed by atoms with E-state index in [1.54, 1.807) is 18.2 Å². The molecule has 7 rings (SSSR count). The molecule has 1 aromatic heterocycles. The first-order valence-corrected chi connectivity index (χ1v) is 15.6. The van der Waals surface area contributed by atoms with E-state index >= 15 is 0 Å². The summed E-state index contributed by atoms with van der Waals surface area (Å²) < 4.78 is 33.6. The lowest BCUT2D eigenvalue weighted by atomic mass is 10.0. The van der Waals surface area contributed by atoms with Gasteiger partial charge in [0.15, 0.2) is 5.82 Å². The lowest BCUT2D eigenvalue weighted by Crippen LogP contribution is -2.53. The predicted molar refractivity (Wildman–Crippen MR) is 166 cm³/mol. The van der Waals surface area contributed by atoms with Gasteiger partial charge in [0.2, 0.25) is 0 Å². The largest absolute Gasteiger partial charge is 0.494 e. The topological polar surface area (TPSA) is 95.2 Å². The molecule has 0 spiro atoms. The van der Waals surface area contributed by atoms with Crippen molar-refractivity contribution in [1.29, 1.82) is 0 Å². The van der Waals surface area contributed by atoms with Crippen LogP contribution in [0.2, 0.25) is 0 Å². The summed E-state index contributed by atoms with van der Waals surface area (Å²) in [6, 6.07) is 10.2. The molecule has 0 bridgehead atoms.